The first-order valence-corrected chi connectivity index (χ1v) is 8.80. The molecule has 0 aliphatic heterocycles. The van der Waals surface area contributed by atoms with Gasteiger partial charge < -0.3 is 4.74 Å². The van der Waals surface area contributed by atoms with Crippen LogP contribution in [0.2, 0.25) is 0 Å². The van der Waals surface area contributed by atoms with E-state index in [0.29, 0.717) is 0 Å². The van der Waals surface area contributed by atoms with Gasteiger partial charge in [-0.25, -0.2) is 0 Å². The largest absolute Gasteiger partial charge is 0.492 e. The van der Waals surface area contributed by atoms with Crippen LogP contribution in [0.3, 0.4) is 0 Å². The fourth-order valence-corrected chi connectivity index (χ4v) is 3.11. The molecule has 0 atom stereocenters. The molecule has 102 valence electrons. The third-order valence-electron chi connectivity index (χ3n) is 2.73. The maximum absolute atomic E-state index is 5.78. The molecule has 1 nitrogen and oxygen atoms in total. The molecule has 18 heavy (non-hydrogen) atoms. The van der Waals surface area contributed by atoms with Crippen LogP contribution in [0.25, 0.3) is 0 Å². The van der Waals surface area contributed by atoms with Gasteiger partial charge in [0.15, 0.2) is 0 Å². The van der Waals surface area contributed by atoms with Crippen LogP contribution in [0.4, 0.5) is 0 Å². The lowest BCUT2D eigenvalue weighted by molar-refractivity contribution is 0.302. The van der Waals surface area contributed by atoms with E-state index in [-0.39, 0.29) is 0 Å². The average Bonchev–Trinajstić information content (AvgIpc) is 2.34. The molecule has 1 rings (SSSR count). The van der Waals surface area contributed by atoms with E-state index in [1.807, 2.05) is 12.1 Å². The molecule has 0 aromatic heterocycles. The third kappa shape index (κ3) is 6.07. The van der Waals surface area contributed by atoms with Crippen LogP contribution in [-0.4, -0.2) is 6.61 Å². The molecule has 0 aliphatic rings. The highest BCUT2D eigenvalue weighted by Crippen LogP contribution is 2.34. The number of hydrogen-bond donors (Lipinski definition) is 0. The Morgan fingerprint density at radius 1 is 0.833 bits per heavy atom. The minimum absolute atomic E-state index is 0.790. The van der Waals surface area contributed by atoms with Crippen molar-refractivity contribution in [1.29, 1.82) is 0 Å². The molecule has 0 aliphatic carbocycles. The highest BCUT2D eigenvalue weighted by molar-refractivity contribution is 9.13. The zero-order valence-corrected chi connectivity index (χ0v) is 15.4. The second-order valence-corrected chi connectivity index (χ2v) is 6.88. The summed E-state index contributed by atoms with van der Waals surface area (Å²) in [5.74, 6) is 0.902. The van der Waals surface area contributed by atoms with Crippen molar-refractivity contribution in [2.75, 3.05) is 6.61 Å². The Balaban J connectivity index is 2.25. The zero-order chi connectivity index (χ0) is 13.4. The Labute approximate surface area is 135 Å². The summed E-state index contributed by atoms with van der Waals surface area (Å²) in [5.41, 5.74) is 0. The molecule has 0 saturated carbocycles. The van der Waals surface area contributed by atoms with E-state index in [2.05, 4.69) is 54.7 Å². The topological polar surface area (TPSA) is 9.23 Å². The smallest absolute Gasteiger partial charge is 0.134 e. The predicted octanol–water partition coefficient (Wildman–Crippen LogP) is 6.71. The van der Waals surface area contributed by atoms with Gasteiger partial charge in [0.25, 0.3) is 0 Å². The molecule has 0 N–H and O–H groups in total. The molecule has 0 spiro atoms. The molecular weight excluding hydrogens is 424 g/mol. The van der Waals surface area contributed by atoms with Crippen LogP contribution in [0, 0.1) is 0 Å². The molecule has 0 unspecified atom stereocenters. The number of halogens is 3. The van der Waals surface area contributed by atoms with Gasteiger partial charge in [0.1, 0.15) is 5.75 Å². The van der Waals surface area contributed by atoms with E-state index < -0.39 is 0 Å². The highest BCUT2D eigenvalue weighted by Gasteiger charge is 2.05. The van der Waals surface area contributed by atoms with Crippen LogP contribution < -0.4 is 4.74 Å². The second kappa shape index (κ2) is 9.38. The van der Waals surface area contributed by atoms with Crippen LogP contribution in [0.1, 0.15) is 45.4 Å². The fraction of sp³-hybridized carbons (Fsp3) is 0.571. The third-order valence-corrected chi connectivity index (χ3v) is 5.19. The number of benzene rings is 1. The molecule has 1 aromatic carbocycles. The Bertz CT molecular complexity index is 366. The summed E-state index contributed by atoms with van der Waals surface area (Å²) in [7, 11) is 0. The van der Waals surface area contributed by atoms with Gasteiger partial charge in [-0.2, -0.15) is 0 Å². The van der Waals surface area contributed by atoms with Gasteiger partial charge in [0.05, 0.1) is 11.1 Å². The van der Waals surface area contributed by atoms with Crippen molar-refractivity contribution >= 4 is 47.8 Å². The minimum Gasteiger partial charge on any atom is -0.492 e. The van der Waals surface area contributed by atoms with Gasteiger partial charge in [-0.15, -0.1) is 0 Å². The Morgan fingerprint density at radius 2 is 1.44 bits per heavy atom. The molecule has 0 bridgehead atoms. The van der Waals surface area contributed by atoms with E-state index in [9.17, 15) is 0 Å². The summed E-state index contributed by atoms with van der Waals surface area (Å²) in [5, 5.41) is 0. The van der Waals surface area contributed by atoms with E-state index in [4.69, 9.17) is 4.74 Å². The fourth-order valence-electron chi connectivity index (χ4n) is 1.68. The number of ether oxygens (including phenoxy) is 1. The lowest BCUT2D eigenvalue weighted by Crippen LogP contribution is -1.98. The lowest BCUT2D eigenvalue weighted by Gasteiger charge is -2.09. The van der Waals surface area contributed by atoms with Gasteiger partial charge in [-0.1, -0.05) is 39.0 Å². The van der Waals surface area contributed by atoms with Gasteiger partial charge >= 0.3 is 0 Å². The molecule has 0 radical (unpaired) electrons. The number of rotatable bonds is 8. The quantitative estimate of drug-likeness (QED) is 0.321. The number of hydrogen-bond acceptors (Lipinski definition) is 1. The van der Waals surface area contributed by atoms with Crippen LogP contribution in [-0.2, 0) is 0 Å². The summed E-state index contributed by atoms with van der Waals surface area (Å²) in [4.78, 5) is 0. The SMILES string of the molecule is CCCCCCCCOc1cc(Br)c(Br)cc1Br. The molecule has 4 heteroatoms. The monoisotopic (exact) mass is 440 g/mol. The molecular formula is C14H19Br3O. The molecule has 0 fully saturated rings. The van der Waals surface area contributed by atoms with Gasteiger partial charge in [-0.05, 0) is 66.3 Å². The predicted molar refractivity (Wildman–Crippen MR) is 88.4 cm³/mol. The minimum atomic E-state index is 0.790. The van der Waals surface area contributed by atoms with E-state index >= 15 is 0 Å². The number of unbranched alkanes of at least 4 members (excludes halogenated alkanes) is 5. The first-order valence-electron chi connectivity index (χ1n) is 6.42. The second-order valence-electron chi connectivity index (χ2n) is 4.31. The van der Waals surface area contributed by atoms with Crippen LogP contribution >= 0.6 is 47.8 Å². The summed E-state index contributed by atoms with van der Waals surface area (Å²) in [6.45, 7) is 3.03. The van der Waals surface area contributed by atoms with Crippen molar-refractivity contribution in [2.24, 2.45) is 0 Å². The molecule has 0 saturated heterocycles. The molecule has 0 amide bonds. The summed E-state index contributed by atoms with van der Waals surface area (Å²) in [6.07, 6.45) is 7.72. The van der Waals surface area contributed by atoms with Crippen LogP contribution in [0.15, 0.2) is 25.6 Å². The average molecular weight is 443 g/mol. The first kappa shape index (κ1) is 16.5. The standard InChI is InChI=1S/C14H19Br3O/c1-2-3-4-5-6-7-8-18-14-10-12(16)11(15)9-13(14)17/h9-10H,2-8H2,1H3. The summed E-state index contributed by atoms with van der Waals surface area (Å²) >= 11 is 10.5. The zero-order valence-electron chi connectivity index (χ0n) is 10.6. The first-order chi connectivity index (χ1) is 8.65. The maximum Gasteiger partial charge on any atom is 0.134 e. The van der Waals surface area contributed by atoms with Crippen molar-refractivity contribution < 1.29 is 4.74 Å². The molecule has 1 aromatic rings. The Morgan fingerprint density at radius 3 is 2.17 bits per heavy atom. The van der Waals surface area contributed by atoms with Crippen LogP contribution in [0.5, 0.6) is 5.75 Å². The summed E-state index contributed by atoms with van der Waals surface area (Å²) in [6, 6.07) is 3.99. The van der Waals surface area contributed by atoms with Crippen molar-refractivity contribution in [3.05, 3.63) is 25.6 Å². The Kier molecular flexibility index (Phi) is 8.60. The molecule has 0 heterocycles. The van der Waals surface area contributed by atoms with E-state index in [1.54, 1.807) is 0 Å². The Hall–Kier alpha value is 0.460. The van der Waals surface area contributed by atoms with Crippen molar-refractivity contribution in [2.45, 2.75) is 45.4 Å². The van der Waals surface area contributed by atoms with Gasteiger partial charge in [0.2, 0.25) is 0 Å². The van der Waals surface area contributed by atoms with Crippen molar-refractivity contribution in [3.63, 3.8) is 0 Å². The van der Waals surface area contributed by atoms with Gasteiger partial charge in [-0.3, -0.25) is 0 Å². The van der Waals surface area contributed by atoms with Gasteiger partial charge in [0, 0.05) is 8.95 Å². The van der Waals surface area contributed by atoms with Crippen molar-refractivity contribution in [1.82, 2.24) is 0 Å². The highest BCUT2D eigenvalue weighted by atomic mass is 79.9. The van der Waals surface area contributed by atoms with E-state index in [1.165, 1.54) is 32.1 Å². The van der Waals surface area contributed by atoms with Crippen molar-refractivity contribution in [3.8, 4) is 5.75 Å². The summed E-state index contributed by atoms with van der Waals surface area (Å²) < 4.78 is 8.82. The lowest BCUT2D eigenvalue weighted by atomic mass is 10.1. The normalized spacial score (nSPS) is 10.7. The maximum atomic E-state index is 5.78. The van der Waals surface area contributed by atoms with E-state index in [0.717, 1.165) is 32.2 Å².